The molecule has 144 valence electrons. The van der Waals surface area contributed by atoms with Crippen molar-refractivity contribution < 1.29 is 24.5 Å². The Morgan fingerprint density at radius 1 is 1.07 bits per heavy atom. The molecule has 2 aromatic carbocycles. The molecule has 0 aliphatic heterocycles. The second-order valence-electron chi connectivity index (χ2n) is 6.79. The van der Waals surface area contributed by atoms with Crippen LogP contribution in [-0.2, 0) is 16.1 Å². The molecule has 2 rings (SSSR count). The van der Waals surface area contributed by atoms with Crippen LogP contribution in [0.2, 0.25) is 0 Å². The van der Waals surface area contributed by atoms with E-state index in [0.29, 0.717) is 25.2 Å². The zero-order chi connectivity index (χ0) is 20.0. The van der Waals surface area contributed by atoms with E-state index in [0.717, 1.165) is 16.7 Å². The molecule has 5 nitrogen and oxygen atoms in total. The number of ether oxygens (including phenoxy) is 1. The van der Waals surface area contributed by atoms with E-state index in [1.165, 1.54) is 6.92 Å². The van der Waals surface area contributed by atoms with E-state index in [9.17, 15) is 19.8 Å². The lowest BCUT2D eigenvalue weighted by molar-refractivity contribution is -0.138. The standard InChI is InChI=1S/C22H26O5/c1-4-19(22(25)26)18-8-6-17(7-9-18)14(2)12-27-13-16-5-10-20(15(3)23)21(24)11-16/h5-11,14,19,24H,4,12-13H2,1-3H3,(H,25,26). The van der Waals surface area contributed by atoms with Gasteiger partial charge in [0, 0.05) is 5.92 Å². The van der Waals surface area contributed by atoms with Gasteiger partial charge in [0.2, 0.25) is 0 Å². The monoisotopic (exact) mass is 370 g/mol. The highest BCUT2D eigenvalue weighted by Gasteiger charge is 2.17. The smallest absolute Gasteiger partial charge is 0.310 e. The predicted octanol–water partition coefficient (Wildman–Crippen LogP) is 4.49. The summed E-state index contributed by atoms with van der Waals surface area (Å²) < 4.78 is 5.74. The highest BCUT2D eigenvalue weighted by molar-refractivity contribution is 5.96. The maximum Gasteiger partial charge on any atom is 0.310 e. The van der Waals surface area contributed by atoms with Crippen LogP contribution in [0.5, 0.6) is 5.75 Å². The topological polar surface area (TPSA) is 83.8 Å². The summed E-state index contributed by atoms with van der Waals surface area (Å²) in [6.07, 6.45) is 0.558. The van der Waals surface area contributed by atoms with Crippen LogP contribution in [0, 0.1) is 0 Å². The number of benzene rings is 2. The molecule has 27 heavy (non-hydrogen) atoms. The van der Waals surface area contributed by atoms with Crippen LogP contribution in [0.3, 0.4) is 0 Å². The molecular formula is C22H26O5. The normalized spacial score (nSPS) is 13.1. The molecule has 0 aliphatic rings. The third-order valence-corrected chi connectivity index (χ3v) is 4.69. The van der Waals surface area contributed by atoms with Gasteiger partial charge < -0.3 is 14.9 Å². The summed E-state index contributed by atoms with van der Waals surface area (Å²) in [6, 6.07) is 12.6. The van der Waals surface area contributed by atoms with Gasteiger partial charge in [-0.15, -0.1) is 0 Å². The molecule has 2 unspecified atom stereocenters. The summed E-state index contributed by atoms with van der Waals surface area (Å²) in [6.45, 7) is 6.15. The lowest BCUT2D eigenvalue weighted by atomic mass is 9.93. The maximum atomic E-state index is 11.3. The summed E-state index contributed by atoms with van der Waals surface area (Å²) in [5.41, 5.74) is 2.99. The number of ketones is 1. The molecule has 0 fully saturated rings. The van der Waals surface area contributed by atoms with Crippen molar-refractivity contribution in [1.82, 2.24) is 0 Å². The Kier molecular flexibility index (Phi) is 7.13. The van der Waals surface area contributed by atoms with Crippen molar-refractivity contribution in [2.75, 3.05) is 6.61 Å². The minimum absolute atomic E-state index is 0.0313. The fraction of sp³-hybridized carbons (Fsp3) is 0.364. The molecule has 0 spiro atoms. The Morgan fingerprint density at radius 2 is 1.70 bits per heavy atom. The zero-order valence-corrected chi connectivity index (χ0v) is 15.9. The average Bonchev–Trinajstić information content (AvgIpc) is 2.62. The Balaban J connectivity index is 1.92. The van der Waals surface area contributed by atoms with Crippen molar-refractivity contribution in [2.24, 2.45) is 0 Å². The minimum atomic E-state index is -0.805. The first kappa shape index (κ1) is 20.6. The Morgan fingerprint density at radius 3 is 2.22 bits per heavy atom. The van der Waals surface area contributed by atoms with E-state index in [1.54, 1.807) is 18.2 Å². The highest BCUT2D eigenvalue weighted by Crippen LogP contribution is 2.24. The summed E-state index contributed by atoms with van der Waals surface area (Å²) >= 11 is 0. The number of carboxylic acids is 1. The Hall–Kier alpha value is -2.66. The summed E-state index contributed by atoms with van der Waals surface area (Å²) in [4.78, 5) is 22.6. The molecule has 0 aliphatic carbocycles. The molecule has 0 saturated heterocycles. The number of rotatable bonds is 9. The van der Waals surface area contributed by atoms with Crippen LogP contribution in [0.4, 0.5) is 0 Å². The lowest BCUT2D eigenvalue weighted by Crippen LogP contribution is -2.11. The molecule has 0 bridgehead atoms. The number of carbonyl (C=O) groups is 2. The number of hydrogen-bond donors (Lipinski definition) is 2. The molecule has 0 radical (unpaired) electrons. The Bertz CT molecular complexity index is 795. The fourth-order valence-corrected chi connectivity index (χ4v) is 3.02. The Labute approximate surface area is 159 Å². The average molecular weight is 370 g/mol. The van der Waals surface area contributed by atoms with Gasteiger partial charge in [0.1, 0.15) is 5.75 Å². The molecule has 2 N–H and O–H groups in total. The van der Waals surface area contributed by atoms with Crippen molar-refractivity contribution in [2.45, 2.75) is 45.6 Å². The SMILES string of the molecule is CCC(C(=O)O)c1ccc(C(C)COCc2ccc(C(C)=O)c(O)c2)cc1. The van der Waals surface area contributed by atoms with Crippen LogP contribution >= 0.6 is 0 Å². The van der Waals surface area contributed by atoms with Gasteiger partial charge in [0.15, 0.2) is 5.78 Å². The van der Waals surface area contributed by atoms with Crippen LogP contribution in [-0.4, -0.2) is 28.6 Å². The van der Waals surface area contributed by atoms with Crippen LogP contribution in [0.25, 0.3) is 0 Å². The molecule has 0 heterocycles. The summed E-state index contributed by atoms with van der Waals surface area (Å²) in [5, 5.41) is 19.1. The first-order valence-electron chi connectivity index (χ1n) is 9.06. The number of carboxylic acid groups (broad SMARTS) is 1. The van der Waals surface area contributed by atoms with E-state index in [-0.39, 0.29) is 17.5 Å². The van der Waals surface area contributed by atoms with E-state index in [2.05, 4.69) is 0 Å². The van der Waals surface area contributed by atoms with Gasteiger partial charge in [-0.2, -0.15) is 0 Å². The number of aromatic hydroxyl groups is 1. The van der Waals surface area contributed by atoms with Crippen molar-refractivity contribution in [3.63, 3.8) is 0 Å². The zero-order valence-electron chi connectivity index (χ0n) is 15.9. The number of phenols is 1. The molecule has 0 amide bonds. The van der Waals surface area contributed by atoms with Gasteiger partial charge in [-0.1, -0.05) is 44.2 Å². The number of Topliss-reactive ketones (excluding diaryl/α,β-unsaturated/α-hetero) is 1. The highest BCUT2D eigenvalue weighted by atomic mass is 16.5. The van der Waals surface area contributed by atoms with Crippen molar-refractivity contribution in [3.8, 4) is 5.75 Å². The third kappa shape index (κ3) is 5.41. The second kappa shape index (κ2) is 9.33. The predicted molar refractivity (Wildman–Crippen MR) is 103 cm³/mol. The molecule has 2 atom stereocenters. The number of phenolic OH excluding ortho intramolecular Hbond substituents is 1. The molecule has 0 aromatic heterocycles. The largest absolute Gasteiger partial charge is 0.507 e. The van der Waals surface area contributed by atoms with Crippen LogP contribution in [0.1, 0.15) is 66.1 Å². The molecule has 5 heteroatoms. The van der Waals surface area contributed by atoms with Crippen molar-refractivity contribution in [3.05, 3.63) is 64.7 Å². The van der Waals surface area contributed by atoms with E-state index >= 15 is 0 Å². The number of carbonyl (C=O) groups excluding carboxylic acids is 1. The first-order valence-corrected chi connectivity index (χ1v) is 9.06. The van der Waals surface area contributed by atoms with Gasteiger partial charge in [0.25, 0.3) is 0 Å². The minimum Gasteiger partial charge on any atom is -0.507 e. The fourth-order valence-electron chi connectivity index (χ4n) is 3.02. The van der Waals surface area contributed by atoms with E-state index in [4.69, 9.17) is 4.74 Å². The van der Waals surface area contributed by atoms with Gasteiger partial charge in [-0.3, -0.25) is 9.59 Å². The van der Waals surface area contributed by atoms with Crippen molar-refractivity contribution in [1.29, 1.82) is 0 Å². The van der Waals surface area contributed by atoms with Crippen LogP contribution in [0.15, 0.2) is 42.5 Å². The first-order chi connectivity index (χ1) is 12.8. The van der Waals surface area contributed by atoms with Gasteiger partial charge >= 0.3 is 5.97 Å². The van der Waals surface area contributed by atoms with E-state index in [1.807, 2.05) is 38.1 Å². The summed E-state index contributed by atoms with van der Waals surface area (Å²) in [7, 11) is 0. The molecule has 2 aromatic rings. The van der Waals surface area contributed by atoms with Gasteiger partial charge in [-0.25, -0.2) is 0 Å². The van der Waals surface area contributed by atoms with Crippen molar-refractivity contribution >= 4 is 11.8 Å². The second-order valence-corrected chi connectivity index (χ2v) is 6.79. The maximum absolute atomic E-state index is 11.3. The van der Waals surface area contributed by atoms with E-state index < -0.39 is 11.9 Å². The number of aliphatic carboxylic acids is 1. The van der Waals surface area contributed by atoms with Gasteiger partial charge in [0.05, 0.1) is 24.7 Å². The van der Waals surface area contributed by atoms with Crippen LogP contribution < -0.4 is 0 Å². The lowest BCUT2D eigenvalue weighted by Gasteiger charge is -2.15. The quantitative estimate of drug-likeness (QED) is 0.635. The molecular weight excluding hydrogens is 344 g/mol. The summed E-state index contributed by atoms with van der Waals surface area (Å²) in [5.74, 6) is -1.34. The van der Waals surface area contributed by atoms with Gasteiger partial charge in [-0.05, 0) is 42.2 Å². The third-order valence-electron chi connectivity index (χ3n) is 4.69. The number of hydrogen-bond acceptors (Lipinski definition) is 4. The molecule has 0 saturated carbocycles.